The van der Waals surface area contributed by atoms with Gasteiger partial charge in [0.15, 0.2) is 0 Å². The lowest BCUT2D eigenvalue weighted by atomic mass is 10.0. The number of nitrogens with one attached hydrogen (secondary N) is 1. The number of pyridine rings is 2. The average molecular weight is 452 g/mol. The Balaban J connectivity index is 1.62. The van der Waals surface area contributed by atoms with Crippen molar-refractivity contribution in [2.75, 3.05) is 12.4 Å². The Hall–Kier alpha value is -2.72. The highest BCUT2D eigenvalue weighted by Gasteiger charge is 2.47. The van der Waals surface area contributed by atoms with E-state index in [1.165, 1.54) is 19.5 Å². The van der Waals surface area contributed by atoms with E-state index in [0.717, 1.165) is 11.3 Å². The number of nitrogens with zero attached hydrogens (tertiary/aromatic N) is 4. The van der Waals surface area contributed by atoms with Crippen molar-refractivity contribution < 1.29 is 18.3 Å². The molecule has 1 N–H and O–H groups in total. The average Bonchev–Trinajstić information content (AvgIpc) is 3.40. The predicted molar refractivity (Wildman–Crippen MR) is 108 cm³/mol. The normalized spacial score (nSPS) is 17.8. The Bertz CT molecular complexity index is 1110. The molecule has 3 heterocycles. The van der Waals surface area contributed by atoms with Crippen LogP contribution in [0.4, 0.5) is 13.9 Å². The van der Waals surface area contributed by atoms with Crippen LogP contribution in [0.5, 0.6) is 5.75 Å². The Morgan fingerprint density at radius 3 is 2.77 bits per heavy atom. The van der Waals surface area contributed by atoms with Crippen LogP contribution in [-0.4, -0.2) is 39.6 Å². The summed E-state index contributed by atoms with van der Waals surface area (Å²) in [6, 6.07) is 3.35. The lowest BCUT2D eigenvalue weighted by Gasteiger charge is -2.13. The number of carbonyl (C=O) groups excluding carboxylic acids is 1. The first-order valence-corrected chi connectivity index (χ1v) is 10.2. The molecule has 30 heavy (non-hydrogen) atoms. The summed E-state index contributed by atoms with van der Waals surface area (Å²) in [7, 11) is 1.50. The van der Waals surface area contributed by atoms with Crippen LogP contribution < -0.4 is 10.1 Å². The summed E-state index contributed by atoms with van der Waals surface area (Å²) in [6.07, 6.45) is 0.930. The van der Waals surface area contributed by atoms with Gasteiger partial charge in [0.25, 0.3) is 5.91 Å². The fourth-order valence-corrected chi connectivity index (χ4v) is 4.22. The number of ether oxygens (including phenoxy) is 1. The molecule has 156 valence electrons. The summed E-state index contributed by atoms with van der Waals surface area (Å²) in [5.74, 6) is -0.994. The van der Waals surface area contributed by atoms with Gasteiger partial charge < -0.3 is 4.74 Å². The fraction of sp³-hybridized carbons (Fsp3) is 0.316. The number of carbonyl (C=O) groups is 1. The van der Waals surface area contributed by atoms with Crippen LogP contribution in [0.1, 0.15) is 33.4 Å². The van der Waals surface area contributed by atoms with E-state index in [2.05, 4.69) is 25.5 Å². The van der Waals surface area contributed by atoms with E-state index in [1.807, 2.05) is 0 Å². The van der Waals surface area contributed by atoms with Gasteiger partial charge in [0.1, 0.15) is 15.9 Å². The van der Waals surface area contributed by atoms with E-state index in [0.29, 0.717) is 34.0 Å². The quantitative estimate of drug-likeness (QED) is 0.551. The van der Waals surface area contributed by atoms with Crippen molar-refractivity contribution in [3.63, 3.8) is 0 Å². The van der Waals surface area contributed by atoms with Crippen molar-refractivity contribution >= 4 is 34.0 Å². The number of anilines is 1. The second-order valence-electron chi connectivity index (χ2n) is 6.82. The van der Waals surface area contributed by atoms with Gasteiger partial charge in [-0.1, -0.05) is 22.9 Å². The molecule has 1 saturated carbocycles. The summed E-state index contributed by atoms with van der Waals surface area (Å²) >= 11 is 7.14. The van der Waals surface area contributed by atoms with E-state index >= 15 is 0 Å². The van der Waals surface area contributed by atoms with Crippen molar-refractivity contribution in [1.29, 1.82) is 0 Å². The minimum Gasteiger partial charge on any atom is -0.494 e. The first kappa shape index (κ1) is 20.5. The number of methoxy groups -OCH3 is 1. The van der Waals surface area contributed by atoms with Crippen molar-refractivity contribution in [1.82, 2.24) is 20.2 Å². The fourth-order valence-electron chi connectivity index (χ4n) is 3.13. The Morgan fingerprint density at radius 1 is 1.27 bits per heavy atom. The summed E-state index contributed by atoms with van der Waals surface area (Å²) in [5.41, 5.74) is 2.12. The Labute approximate surface area is 179 Å². The van der Waals surface area contributed by atoms with Gasteiger partial charge in [0, 0.05) is 34.9 Å². The van der Waals surface area contributed by atoms with Crippen LogP contribution in [0.25, 0.3) is 11.1 Å². The number of hydrogen-bond donors (Lipinski definition) is 1. The standard InChI is InChI=1S/C19H16ClF2N5O2S/c1-8-3-9(10-5-15(20)24-7-14(10)29-2)13(6-23-8)17(28)25-19-27-26-18(30-19)12-4-11(12)16(21)22/h3,5-7,11-12,16H,4H2,1-2H3,(H,25,27,28)/t11-,12-/m1/s1. The molecular weight excluding hydrogens is 436 g/mol. The third-order valence-corrected chi connectivity index (χ3v) is 5.95. The van der Waals surface area contributed by atoms with Gasteiger partial charge in [-0.3, -0.25) is 15.1 Å². The van der Waals surface area contributed by atoms with Gasteiger partial charge in [-0.25, -0.2) is 13.8 Å². The summed E-state index contributed by atoms with van der Waals surface area (Å²) in [6.45, 7) is 1.80. The molecule has 7 nitrogen and oxygen atoms in total. The molecule has 0 unspecified atom stereocenters. The minimum atomic E-state index is -2.37. The van der Waals surface area contributed by atoms with E-state index in [-0.39, 0.29) is 21.8 Å². The minimum absolute atomic E-state index is 0.237. The number of hydrogen-bond acceptors (Lipinski definition) is 7. The number of amides is 1. The zero-order valence-electron chi connectivity index (χ0n) is 15.9. The molecule has 11 heteroatoms. The summed E-state index contributed by atoms with van der Waals surface area (Å²) < 4.78 is 30.9. The van der Waals surface area contributed by atoms with E-state index in [4.69, 9.17) is 16.3 Å². The topological polar surface area (TPSA) is 89.9 Å². The third kappa shape index (κ3) is 4.10. The molecule has 3 aromatic rings. The SMILES string of the molecule is COc1cnc(Cl)cc1-c1cc(C)ncc1C(=O)Nc1nnc([C@@H]2C[C@H]2C(F)F)s1. The second-order valence-corrected chi connectivity index (χ2v) is 8.22. The van der Waals surface area contributed by atoms with Crippen molar-refractivity contribution in [2.45, 2.75) is 25.7 Å². The lowest BCUT2D eigenvalue weighted by molar-refractivity contribution is 0.102. The van der Waals surface area contributed by atoms with Gasteiger partial charge in [-0.05, 0) is 25.5 Å². The summed E-state index contributed by atoms with van der Waals surface area (Å²) in [4.78, 5) is 21.2. The molecular formula is C19H16ClF2N5O2S. The van der Waals surface area contributed by atoms with Crippen LogP contribution in [0.2, 0.25) is 5.15 Å². The van der Waals surface area contributed by atoms with E-state index in [9.17, 15) is 13.6 Å². The van der Waals surface area contributed by atoms with Gasteiger partial charge in [-0.2, -0.15) is 0 Å². The van der Waals surface area contributed by atoms with Crippen LogP contribution in [-0.2, 0) is 0 Å². The molecule has 1 amide bonds. The third-order valence-electron chi connectivity index (χ3n) is 4.77. The monoisotopic (exact) mass is 451 g/mol. The van der Waals surface area contributed by atoms with Gasteiger partial charge in [0.05, 0.1) is 18.9 Å². The van der Waals surface area contributed by atoms with Crippen LogP contribution in [0.15, 0.2) is 24.5 Å². The van der Waals surface area contributed by atoms with Crippen molar-refractivity contribution in [2.24, 2.45) is 5.92 Å². The zero-order valence-corrected chi connectivity index (χ0v) is 17.5. The van der Waals surface area contributed by atoms with Crippen LogP contribution >= 0.6 is 22.9 Å². The molecule has 4 rings (SSSR count). The first-order chi connectivity index (χ1) is 14.4. The van der Waals surface area contributed by atoms with Crippen LogP contribution in [0.3, 0.4) is 0 Å². The highest BCUT2D eigenvalue weighted by atomic mass is 35.5. The first-order valence-electron chi connectivity index (χ1n) is 8.96. The molecule has 1 fully saturated rings. The maximum atomic E-state index is 12.9. The molecule has 0 saturated heterocycles. The van der Waals surface area contributed by atoms with E-state index in [1.54, 1.807) is 19.1 Å². The number of halogens is 3. The molecule has 3 aromatic heterocycles. The highest BCUT2D eigenvalue weighted by Crippen LogP contribution is 2.51. The molecule has 0 aromatic carbocycles. The maximum Gasteiger partial charge on any atom is 0.259 e. The summed E-state index contributed by atoms with van der Waals surface area (Å²) in [5, 5.41) is 11.5. The molecule has 1 aliphatic carbocycles. The van der Waals surface area contributed by atoms with Crippen molar-refractivity contribution in [3.8, 4) is 16.9 Å². The van der Waals surface area contributed by atoms with Crippen molar-refractivity contribution in [3.05, 3.63) is 45.9 Å². The smallest absolute Gasteiger partial charge is 0.259 e. The number of aryl methyl sites for hydroxylation is 1. The molecule has 0 aliphatic heterocycles. The van der Waals surface area contributed by atoms with Gasteiger partial charge >= 0.3 is 0 Å². The molecule has 0 bridgehead atoms. The zero-order chi connectivity index (χ0) is 21.4. The molecule has 0 spiro atoms. The highest BCUT2D eigenvalue weighted by molar-refractivity contribution is 7.15. The predicted octanol–water partition coefficient (Wildman–Crippen LogP) is 4.59. The Morgan fingerprint density at radius 2 is 2.07 bits per heavy atom. The lowest BCUT2D eigenvalue weighted by Crippen LogP contribution is -2.14. The molecule has 0 radical (unpaired) electrons. The number of rotatable bonds is 6. The largest absolute Gasteiger partial charge is 0.494 e. The number of aromatic nitrogens is 4. The maximum absolute atomic E-state index is 12.9. The Kier molecular flexibility index (Phi) is 5.61. The molecule has 2 atom stereocenters. The van der Waals surface area contributed by atoms with E-state index < -0.39 is 18.3 Å². The second kappa shape index (κ2) is 8.19. The van der Waals surface area contributed by atoms with Crippen LogP contribution in [0, 0.1) is 12.8 Å². The van der Waals surface area contributed by atoms with Gasteiger partial charge in [-0.15, -0.1) is 10.2 Å². The molecule has 1 aliphatic rings. The number of alkyl halides is 2. The van der Waals surface area contributed by atoms with Gasteiger partial charge in [0.2, 0.25) is 11.6 Å².